The van der Waals surface area contributed by atoms with E-state index in [9.17, 15) is 43.7 Å². The number of carbonyl (C=O) groups is 1. The highest BCUT2D eigenvalue weighted by molar-refractivity contribution is 7.90. The maximum Gasteiger partial charge on any atom is 0.295 e. The number of nitrogens with zero attached hydrogens (tertiary/aromatic N) is 1. The molecule has 5 rings (SSSR count). The van der Waals surface area contributed by atoms with Crippen LogP contribution in [0.3, 0.4) is 0 Å². The van der Waals surface area contributed by atoms with Crippen LogP contribution in [-0.4, -0.2) is 51.2 Å². The summed E-state index contributed by atoms with van der Waals surface area (Å²) in [5.41, 5.74) is 3.92. The molecule has 4 aromatic carbocycles. The van der Waals surface area contributed by atoms with Crippen molar-refractivity contribution in [2.45, 2.75) is 42.6 Å². The molecule has 4 aromatic rings. The molecule has 0 aromatic heterocycles. The van der Waals surface area contributed by atoms with Crippen LogP contribution in [0.1, 0.15) is 48.6 Å². The van der Waals surface area contributed by atoms with Crippen molar-refractivity contribution < 1.29 is 43.7 Å². The minimum Gasteiger partial charge on any atom is -0.378 e. The molecule has 1 aliphatic carbocycles. The summed E-state index contributed by atoms with van der Waals surface area (Å²) in [5, 5.41) is 3.35. The molecule has 0 aliphatic heterocycles. The van der Waals surface area contributed by atoms with E-state index >= 15 is 0 Å². The van der Waals surface area contributed by atoms with Gasteiger partial charge in [0.1, 0.15) is 4.91 Å². The van der Waals surface area contributed by atoms with Gasteiger partial charge in [-0.1, -0.05) is 61.5 Å². The Balaban J connectivity index is 1.54. The highest BCUT2D eigenvalue weighted by Crippen LogP contribution is 2.37. The number of ketones is 1. The fourth-order valence-electron chi connectivity index (χ4n) is 5.96. The Morgan fingerprint density at radius 1 is 0.731 bits per heavy atom. The molecule has 1 aliphatic rings. The summed E-state index contributed by atoms with van der Waals surface area (Å²) in [4.78, 5) is 13.1. The van der Waals surface area contributed by atoms with Crippen LogP contribution < -0.4 is 10.2 Å². The van der Waals surface area contributed by atoms with Gasteiger partial charge in [-0.05, 0) is 95.8 Å². The third kappa shape index (κ3) is 8.93. The van der Waals surface area contributed by atoms with E-state index in [-0.39, 0.29) is 28.0 Å². The van der Waals surface area contributed by atoms with E-state index in [4.69, 9.17) is 0 Å². The third-order valence-corrected chi connectivity index (χ3v) is 11.2. The zero-order valence-corrected chi connectivity index (χ0v) is 30.5. The zero-order valence-electron chi connectivity index (χ0n) is 28.0. The molecule has 4 N–H and O–H groups in total. The lowest BCUT2D eigenvalue weighted by Crippen LogP contribution is -2.23. The van der Waals surface area contributed by atoms with Gasteiger partial charge < -0.3 is 10.2 Å². The molecule has 272 valence electrons. The van der Waals surface area contributed by atoms with Crippen molar-refractivity contribution in [2.75, 3.05) is 16.8 Å². The minimum absolute atomic E-state index is 0.0819. The highest BCUT2D eigenvalue weighted by Gasteiger charge is 2.26. The quantitative estimate of drug-likeness (QED) is 0.108. The minimum atomic E-state index is -4.84. The first-order valence-corrected chi connectivity index (χ1v) is 20.3. The fraction of sp³-hybridized carbons (Fsp3) is 0.162. The van der Waals surface area contributed by atoms with Crippen LogP contribution in [0.15, 0.2) is 136 Å². The third-order valence-electron chi connectivity index (χ3n) is 8.50. The van der Waals surface area contributed by atoms with E-state index in [0.717, 1.165) is 6.08 Å². The van der Waals surface area contributed by atoms with E-state index in [1.165, 1.54) is 42.5 Å². The number of anilines is 2. The van der Waals surface area contributed by atoms with Gasteiger partial charge in [0.25, 0.3) is 30.4 Å². The fourth-order valence-corrected chi connectivity index (χ4v) is 7.93. The highest BCUT2D eigenvalue weighted by atomic mass is 32.2. The van der Waals surface area contributed by atoms with Crippen LogP contribution >= 0.6 is 0 Å². The molecule has 0 saturated heterocycles. The summed E-state index contributed by atoms with van der Waals surface area (Å²) < 4.78 is 102. The van der Waals surface area contributed by atoms with Crippen LogP contribution in [0.5, 0.6) is 0 Å². The van der Waals surface area contributed by atoms with E-state index in [0.29, 0.717) is 52.2 Å². The van der Waals surface area contributed by atoms with Gasteiger partial charge in [0, 0.05) is 36.1 Å². The smallest absolute Gasteiger partial charge is 0.295 e. The van der Waals surface area contributed by atoms with Gasteiger partial charge in [0.15, 0.2) is 5.78 Å². The average Bonchev–Trinajstić information content (AvgIpc) is 3.10. The molecule has 0 fully saturated rings. The Kier molecular flexibility index (Phi) is 11.3. The molecule has 0 amide bonds. The second-order valence-electron chi connectivity index (χ2n) is 11.9. The molecule has 52 heavy (non-hydrogen) atoms. The summed E-state index contributed by atoms with van der Waals surface area (Å²) in [7, 11) is -13.7. The van der Waals surface area contributed by atoms with Crippen molar-refractivity contribution >= 4 is 53.1 Å². The number of hydrogen-bond donors (Lipinski definition) is 4. The van der Waals surface area contributed by atoms with Crippen LogP contribution in [0.4, 0.5) is 11.4 Å². The number of rotatable bonds is 13. The number of benzene rings is 4. The summed E-state index contributed by atoms with van der Waals surface area (Å²) in [5.74, 6) is -0.613. The molecule has 0 heterocycles. The monoisotopic (exact) mass is 764 g/mol. The van der Waals surface area contributed by atoms with Gasteiger partial charge in [-0.15, -0.1) is 0 Å². The van der Waals surface area contributed by atoms with Crippen molar-refractivity contribution in [2.24, 2.45) is 0 Å². The lowest BCUT2D eigenvalue weighted by Gasteiger charge is -2.25. The first kappa shape index (κ1) is 38.3. The van der Waals surface area contributed by atoms with E-state index in [1.54, 1.807) is 66.7 Å². The van der Waals surface area contributed by atoms with Crippen LogP contribution in [0.2, 0.25) is 0 Å². The number of allylic oxidation sites excluding steroid dienone is 4. The predicted molar refractivity (Wildman–Crippen MR) is 199 cm³/mol. The molecule has 15 heteroatoms. The maximum absolute atomic E-state index is 12.5. The van der Waals surface area contributed by atoms with Crippen LogP contribution in [0, 0.1) is 0 Å². The van der Waals surface area contributed by atoms with Gasteiger partial charge in [-0.2, -0.15) is 25.3 Å². The number of nitrogens with one attached hydrogen (secondary N) is 1. The number of hydrogen-bond acceptors (Lipinski definition) is 9. The molecule has 1 unspecified atom stereocenters. The summed E-state index contributed by atoms with van der Waals surface area (Å²) in [6.45, 7) is 4.42. The standard InChI is InChI=1S/C37H36N2O10S3/c1-3-34(27-9-7-10-32(22-27)50(41,42)43)38-29-16-12-25(13-17-29)37(33-21-20-31(40)23-36(33)52(47,48)49)26-14-18-30(19-15-26)39(4-2)24-28-8-5-6-11-35(28)51(44,45)46/h5-23,34,38H,3-4,24H2,1-2H3,(H,41,42,43)(H,44,45,46)(H,47,48,49). The Morgan fingerprint density at radius 3 is 1.94 bits per heavy atom. The maximum atomic E-state index is 12.5. The van der Waals surface area contributed by atoms with Crippen LogP contribution in [-0.2, 0) is 41.7 Å². The summed E-state index contributed by atoms with van der Waals surface area (Å²) >= 11 is 0. The normalized spacial score (nSPS) is 15.2. The lowest BCUT2D eigenvalue weighted by atomic mass is 9.90. The summed E-state index contributed by atoms with van der Waals surface area (Å²) in [6.07, 6.45) is 3.95. The second-order valence-corrected chi connectivity index (χ2v) is 16.1. The van der Waals surface area contributed by atoms with Gasteiger partial charge in [0.05, 0.1) is 15.8 Å². The molecular formula is C37H36N2O10S3. The average molecular weight is 765 g/mol. The van der Waals surface area contributed by atoms with Crippen LogP contribution in [0.25, 0.3) is 5.57 Å². The molecule has 0 spiro atoms. The van der Waals surface area contributed by atoms with Crippen molar-refractivity contribution in [3.8, 4) is 0 Å². The van der Waals surface area contributed by atoms with Crippen molar-refractivity contribution in [3.63, 3.8) is 0 Å². The van der Waals surface area contributed by atoms with E-state index in [2.05, 4.69) is 5.32 Å². The van der Waals surface area contributed by atoms with Crippen molar-refractivity contribution in [1.29, 1.82) is 0 Å². The number of carbonyl (C=O) groups excluding carboxylic acids is 1. The lowest BCUT2D eigenvalue weighted by molar-refractivity contribution is -0.110. The van der Waals surface area contributed by atoms with Gasteiger partial charge in [-0.25, -0.2) is 0 Å². The predicted octanol–water partition coefficient (Wildman–Crippen LogP) is 6.48. The SMILES string of the molecule is CCC(Nc1ccc(C(=C2C=CC(=O)C=C2S(=O)(=O)O)c2ccc(N(CC)Cc3ccccc3S(=O)(=O)O)cc2)cc1)c1cccc(S(=O)(=O)O)c1. The van der Waals surface area contributed by atoms with Gasteiger partial charge in [-0.3, -0.25) is 18.5 Å². The molecule has 0 bridgehead atoms. The largest absolute Gasteiger partial charge is 0.378 e. The Bertz CT molecular complexity index is 2420. The molecular weight excluding hydrogens is 729 g/mol. The Labute approximate surface area is 303 Å². The molecule has 0 saturated carbocycles. The first-order valence-electron chi connectivity index (χ1n) is 16.0. The van der Waals surface area contributed by atoms with E-state index < -0.39 is 41.0 Å². The second kappa shape index (κ2) is 15.4. The van der Waals surface area contributed by atoms with E-state index in [1.807, 2.05) is 18.7 Å². The summed E-state index contributed by atoms with van der Waals surface area (Å²) in [6, 6.07) is 25.8. The van der Waals surface area contributed by atoms with Gasteiger partial charge >= 0.3 is 0 Å². The first-order chi connectivity index (χ1) is 24.5. The Morgan fingerprint density at radius 2 is 1.37 bits per heavy atom. The topological polar surface area (TPSA) is 195 Å². The van der Waals surface area contributed by atoms with Crippen molar-refractivity contribution in [1.82, 2.24) is 0 Å². The Hall–Kier alpha value is -4.90. The molecule has 12 nitrogen and oxygen atoms in total. The zero-order chi connectivity index (χ0) is 37.8. The van der Waals surface area contributed by atoms with Crippen molar-refractivity contribution in [3.05, 3.63) is 148 Å². The molecule has 1 atom stereocenters. The van der Waals surface area contributed by atoms with Gasteiger partial charge in [0.2, 0.25) is 0 Å². The molecule has 0 radical (unpaired) electrons.